The van der Waals surface area contributed by atoms with Gasteiger partial charge in [-0.2, -0.15) is 10.5 Å². The molecule has 0 radical (unpaired) electrons. The highest BCUT2D eigenvalue weighted by Gasteiger charge is 2.28. The maximum Gasteiger partial charge on any atom is 0.338 e. The van der Waals surface area contributed by atoms with E-state index in [1.54, 1.807) is 12.1 Å². The lowest BCUT2D eigenvalue weighted by Crippen LogP contribution is -2.10. The van der Waals surface area contributed by atoms with Gasteiger partial charge in [0.15, 0.2) is 5.75 Å². The molecule has 0 aliphatic heterocycles. The number of methoxy groups -OCH3 is 2. The molecule has 0 amide bonds. The minimum Gasteiger partial charge on any atom is -0.505 e. The molecule has 1 aromatic carbocycles. The Morgan fingerprint density at radius 2 is 1.65 bits per heavy atom. The van der Waals surface area contributed by atoms with Crippen LogP contribution in [-0.2, 0) is 19.1 Å². The van der Waals surface area contributed by atoms with Gasteiger partial charge in [0.2, 0.25) is 0 Å². The van der Waals surface area contributed by atoms with Crippen LogP contribution in [0.4, 0.5) is 0 Å². The van der Waals surface area contributed by atoms with Crippen LogP contribution in [0.3, 0.4) is 0 Å². The van der Waals surface area contributed by atoms with Crippen molar-refractivity contribution < 1.29 is 24.2 Å². The van der Waals surface area contributed by atoms with Gasteiger partial charge in [0.25, 0.3) is 0 Å². The molecular formula is C14H8Cl2N2O5. The third kappa shape index (κ3) is 3.37. The number of hydrogen-bond acceptors (Lipinski definition) is 7. The van der Waals surface area contributed by atoms with E-state index in [-0.39, 0.29) is 10.6 Å². The van der Waals surface area contributed by atoms with E-state index >= 15 is 0 Å². The van der Waals surface area contributed by atoms with Gasteiger partial charge in [-0.25, -0.2) is 9.59 Å². The molecule has 7 nitrogen and oxygen atoms in total. The molecule has 0 unspecified atom stereocenters. The number of carbonyl (C=O) groups excluding carboxylic acids is 2. The summed E-state index contributed by atoms with van der Waals surface area (Å²) >= 11 is 11.8. The number of nitriles is 2. The van der Waals surface area contributed by atoms with Crippen molar-refractivity contribution in [3.63, 3.8) is 0 Å². The number of halogens is 2. The lowest BCUT2D eigenvalue weighted by molar-refractivity contribution is -0.136. The molecule has 118 valence electrons. The molecule has 0 atom stereocenters. The Hall–Kier alpha value is -2.74. The summed E-state index contributed by atoms with van der Waals surface area (Å²) in [6, 6.07) is 3.24. The molecule has 0 fully saturated rings. The van der Waals surface area contributed by atoms with Gasteiger partial charge in [0.05, 0.1) is 30.4 Å². The summed E-state index contributed by atoms with van der Waals surface area (Å²) in [5, 5.41) is 27.3. The average Bonchev–Trinajstić information content (AvgIpc) is 2.56. The normalized spacial score (nSPS) is 10.4. The molecular weight excluding hydrogens is 347 g/mol. The third-order valence-corrected chi connectivity index (χ3v) is 3.56. The van der Waals surface area contributed by atoms with E-state index in [0.717, 1.165) is 20.3 Å². The maximum atomic E-state index is 11.9. The van der Waals surface area contributed by atoms with E-state index in [0.29, 0.717) is 0 Å². The highest BCUT2D eigenvalue weighted by atomic mass is 35.5. The minimum absolute atomic E-state index is 0.314. The van der Waals surface area contributed by atoms with Crippen LogP contribution in [0.1, 0.15) is 16.7 Å². The molecule has 0 saturated heterocycles. The van der Waals surface area contributed by atoms with Crippen molar-refractivity contribution >= 4 is 40.7 Å². The third-order valence-electron chi connectivity index (χ3n) is 2.72. The summed E-state index contributed by atoms with van der Waals surface area (Å²) < 4.78 is 8.96. The van der Waals surface area contributed by atoms with E-state index in [4.69, 9.17) is 28.5 Å². The van der Waals surface area contributed by atoms with Crippen molar-refractivity contribution in [2.75, 3.05) is 14.2 Å². The molecule has 9 heteroatoms. The maximum absolute atomic E-state index is 11.9. The summed E-state index contributed by atoms with van der Waals surface area (Å²) in [5.41, 5.74) is -1.68. The summed E-state index contributed by atoms with van der Waals surface area (Å²) in [5.74, 6) is -2.64. The number of phenolic OH excluding ortho intramolecular Hbond substituents is 1. The predicted octanol–water partition coefficient (Wildman–Crippen LogP) is 2.17. The van der Waals surface area contributed by atoms with Gasteiger partial charge in [-0.05, 0) is 0 Å². The number of aromatic hydroxyl groups is 1. The molecule has 0 heterocycles. The van der Waals surface area contributed by atoms with Crippen LogP contribution >= 0.6 is 23.2 Å². The fourth-order valence-corrected chi connectivity index (χ4v) is 2.14. The quantitative estimate of drug-likeness (QED) is 0.651. The molecule has 1 N–H and O–H groups in total. The van der Waals surface area contributed by atoms with Crippen LogP contribution in [0, 0.1) is 22.7 Å². The van der Waals surface area contributed by atoms with Crippen molar-refractivity contribution in [2.24, 2.45) is 0 Å². The smallest absolute Gasteiger partial charge is 0.338 e. The average molecular weight is 355 g/mol. The largest absolute Gasteiger partial charge is 0.505 e. The lowest BCUT2D eigenvalue weighted by Gasteiger charge is -2.13. The summed E-state index contributed by atoms with van der Waals surface area (Å²) in [6.07, 6.45) is 0.739. The Balaban J connectivity index is 3.95. The lowest BCUT2D eigenvalue weighted by atomic mass is 9.95. The fraction of sp³-hybridized carbons (Fsp3) is 0.143. The summed E-state index contributed by atoms with van der Waals surface area (Å²) in [6.45, 7) is 0. The van der Waals surface area contributed by atoms with Gasteiger partial charge < -0.3 is 14.6 Å². The second-order valence-electron chi connectivity index (χ2n) is 3.90. The van der Waals surface area contributed by atoms with Gasteiger partial charge in [0, 0.05) is 11.6 Å². The highest BCUT2D eigenvalue weighted by Crippen LogP contribution is 2.42. The van der Waals surface area contributed by atoms with Gasteiger partial charge in [-0.1, -0.05) is 23.2 Å². The van der Waals surface area contributed by atoms with E-state index < -0.39 is 39.4 Å². The molecule has 0 bridgehead atoms. The second-order valence-corrected chi connectivity index (χ2v) is 4.65. The Morgan fingerprint density at radius 1 is 1.09 bits per heavy atom. The fourth-order valence-electron chi connectivity index (χ4n) is 1.67. The van der Waals surface area contributed by atoms with Gasteiger partial charge in [-0.15, -0.1) is 0 Å². The number of esters is 2. The first-order valence-corrected chi connectivity index (χ1v) is 6.52. The van der Waals surface area contributed by atoms with Crippen molar-refractivity contribution in [2.45, 2.75) is 0 Å². The van der Waals surface area contributed by atoms with Crippen LogP contribution in [0.2, 0.25) is 10.0 Å². The van der Waals surface area contributed by atoms with Crippen molar-refractivity contribution in [3.8, 4) is 17.9 Å². The molecule has 0 aliphatic carbocycles. The summed E-state index contributed by atoms with van der Waals surface area (Å²) in [7, 11) is 2.12. The van der Waals surface area contributed by atoms with E-state index in [2.05, 4.69) is 9.47 Å². The Bertz CT molecular complexity index is 803. The number of carbonyl (C=O) groups is 2. The number of nitrogens with zero attached hydrogens (tertiary/aromatic N) is 2. The molecule has 0 saturated carbocycles. The highest BCUT2D eigenvalue weighted by molar-refractivity contribution is 6.45. The van der Waals surface area contributed by atoms with Crippen LogP contribution in [-0.4, -0.2) is 31.3 Å². The Labute approximate surface area is 140 Å². The topological polar surface area (TPSA) is 120 Å². The zero-order valence-corrected chi connectivity index (χ0v) is 13.3. The zero-order valence-electron chi connectivity index (χ0n) is 11.8. The first-order valence-electron chi connectivity index (χ1n) is 5.76. The van der Waals surface area contributed by atoms with Gasteiger partial charge >= 0.3 is 11.9 Å². The zero-order chi connectivity index (χ0) is 17.7. The number of rotatable bonds is 3. The van der Waals surface area contributed by atoms with Gasteiger partial charge in [0.1, 0.15) is 22.7 Å². The monoisotopic (exact) mass is 354 g/mol. The Morgan fingerprint density at radius 3 is 2.09 bits per heavy atom. The number of benzene rings is 1. The Kier molecular flexibility index (Phi) is 5.97. The molecule has 0 spiro atoms. The second kappa shape index (κ2) is 7.50. The minimum atomic E-state index is -1.01. The first kappa shape index (κ1) is 18.3. The standard InChI is InChI=1S/C14H8Cl2N2O5/c1-22-9(19)3-6(14(21)23-2)10-7(4-17)8(5-18)13(20)12(16)11(10)15/h3,20H,1-2H3/b6-3+. The molecule has 1 rings (SSSR count). The first-order chi connectivity index (χ1) is 10.8. The van der Waals surface area contributed by atoms with E-state index in [1.165, 1.54) is 0 Å². The van der Waals surface area contributed by atoms with Crippen molar-refractivity contribution in [1.29, 1.82) is 10.5 Å². The molecule has 0 aliphatic rings. The van der Waals surface area contributed by atoms with Gasteiger partial charge in [-0.3, -0.25) is 0 Å². The van der Waals surface area contributed by atoms with Crippen LogP contribution in [0.25, 0.3) is 5.57 Å². The number of phenols is 1. The number of hydrogen-bond donors (Lipinski definition) is 1. The van der Waals surface area contributed by atoms with E-state index in [1.807, 2.05) is 0 Å². The molecule has 1 aromatic rings. The van der Waals surface area contributed by atoms with Crippen molar-refractivity contribution in [1.82, 2.24) is 0 Å². The SMILES string of the molecule is COC(=O)/C=C(/C(=O)OC)c1c(Cl)c(Cl)c(O)c(C#N)c1C#N. The molecule has 0 aromatic heterocycles. The summed E-state index contributed by atoms with van der Waals surface area (Å²) in [4.78, 5) is 23.4. The number of ether oxygens (including phenoxy) is 2. The van der Waals surface area contributed by atoms with Crippen molar-refractivity contribution in [3.05, 3.63) is 32.8 Å². The molecule has 23 heavy (non-hydrogen) atoms. The van der Waals surface area contributed by atoms with Crippen LogP contribution in [0.15, 0.2) is 6.08 Å². The predicted molar refractivity (Wildman–Crippen MR) is 79.6 cm³/mol. The van der Waals surface area contributed by atoms with Crippen LogP contribution < -0.4 is 0 Å². The van der Waals surface area contributed by atoms with E-state index in [9.17, 15) is 20.0 Å². The van der Waals surface area contributed by atoms with Crippen LogP contribution in [0.5, 0.6) is 5.75 Å².